The molecule has 0 radical (unpaired) electrons. The molecule has 1 amide bonds. The third-order valence-corrected chi connectivity index (χ3v) is 5.67. The Morgan fingerprint density at radius 2 is 2.08 bits per heavy atom. The molecule has 3 N–H and O–H groups in total. The van der Waals surface area contributed by atoms with Crippen LogP contribution in [0.25, 0.3) is 10.2 Å². The van der Waals surface area contributed by atoms with Crippen molar-refractivity contribution in [1.82, 2.24) is 15.3 Å². The summed E-state index contributed by atoms with van der Waals surface area (Å²) >= 11 is 1.72. The van der Waals surface area contributed by atoms with Crippen LogP contribution in [0.3, 0.4) is 0 Å². The molecule has 0 spiro atoms. The van der Waals surface area contributed by atoms with Crippen LogP contribution < -0.4 is 16.0 Å². The number of amides is 1. The van der Waals surface area contributed by atoms with Gasteiger partial charge in [-0.3, -0.25) is 4.79 Å². The summed E-state index contributed by atoms with van der Waals surface area (Å²) in [6.07, 6.45) is 3.35. The molecular formula is C16H24ClN5OS. The predicted octanol–water partition coefficient (Wildman–Crippen LogP) is 2.02. The van der Waals surface area contributed by atoms with Gasteiger partial charge in [0.15, 0.2) is 0 Å². The van der Waals surface area contributed by atoms with Crippen LogP contribution in [0.2, 0.25) is 0 Å². The third-order valence-electron chi connectivity index (χ3n) is 4.55. The zero-order valence-electron chi connectivity index (χ0n) is 14.0. The van der Waals surface area contributed by atoms with Crippen LogP contribution in [0.4, 0.5) is 5.82 Å². The first-order chi connectivity index (χ1) is 11.1. The molecule has 3 heterocycles. The molecule has 0 atom stereocenters. The van der Waals surface area contributed by atoms with E-state index in [1.807, 2.05) is 0 Å². The third kappa shape index (κ3) is 3.63. The molecular weight excluding hydrogens is 346 g/mol. The monoisotopic (exact) mass is 369 g/mol. The summed E-state index contributed by atoms with van der Waals surface area (Å²) in [5, 5.41) is 4.06. The first-order valence-corrected chi connectivity index (χ1v) is 8.87. The minimum Gasteiger partial charge on any atom is -0.356 e. The van der Waals surface area contributed by atoms with Crippen molar-refractivity contribution in [2.75, 3.05) is 31.1 Å². The van der Waals surface area contributed by atoms with E-state index in [0.29, 0.717) is 13.1 Å². The molecule has 1 fully saturated rings. The number of aryl methyl sites for hydroxylation is 2. The van der Waals surface area contributed by atoms with Crippen molar-refractivity contribution in [2.24, 2.45) is 11.7 Å². The number of thiophene rings is 1. The van der Waals surface area contributed by atoms with E-state index in [1.54, 1.807) is 17.7 Å². The molecule has 0 saturated carbocycles. The number of fused-ring (bicyclic) bond motifs is 1. The fraction of sp³-hybridized carbons (Fsp3) is 0.562. The van der Waals surface area contributed by atoms with Crippen molar-refractivity contribution >= 4 is 45.7 Å². The maximum absolute atomic E-state index is 12.1. The SMILES string of the molecule is Cc1sc2ncnc(N3CCC(C(=O)NCCN)CC3)c2c1C.Cl. The first-order valence-electron chi connectivity index (χ1n) is 8.05. The highest BCUT2D eigenvalue weighted by Gasteiger charge is 2.27. The lowest BCUT2D eigenvalue weighted by Gasteiger charge is -2.32. The number of nitrogens with one attached hydrogen (secondary N) is 1. The van der Waals surface area contributed by atoms with E-state index in [9.17, 15) is 4.79 Å². The second kappa shape index (κ2) is 8.09. The fourth-order valence-corrected chi connectivity index (χ4v) is 4.09. The molecule has 2 aromatic rings. The average Bonchev–Trinajstić information content (AvgIpc) is 2.87. The smallest absolute Gasteiger partial charge is 0.223 e. The molecule has 0 aliphatic carbocycles. The zero-order valence-corrected chi connectivity index (χ0v) is 15.7. The molecule has 8 heteroatoms. The first kappa shape index (κ1) is 18.9. The van der Waals surface area contributed by atoms with Crippen LogP contribution >= 0.6 is 23.7 Å². The van der Waals surface area contributed by atoms with Gasteiger partial charge in [-0.1, -0.05) is 0 Å². The van der Waals surface area contributed by atoms with Crippen molar-refractivity contribution in [3.63, 3.8) is 0 Å². The molecule has 1 aliphatic heterocycles. The summed E-state index contributed by atoms with van der Waals surface area (Å²) in [7, 11) is 0. The van der Waals surface area contributed by atoms with Crippen molar-refractivity contribution in [2.45, 2.75) is 26.7 Å². The molecule has 0 aromatic carbocycles. The quantitative estimate of drug-likeness (QED) is 0.861. The number of hydrogen-bond donors (Lipinski definition) is 2. The highest BCUT2D eigenvalue weighted by molar-refractivity contribution is 7.18. The molecule has 132 valence electrons. The van der Waals surface area contributed by atoms with Gasteiger partial charge in [0.05, 0.1) is 5.39 Å². The lowest BCUT2D eigenvalue weighted by Crippen LogP contribution is -2.42. The zero-order chi connectivity index (χ0) is 16.4. The molecule has 0 unspecified atom stereocenters. The summed E-state index contributed by atoms with van der Waals surface area (Å²) in [6.45, 7) is 7.00. The number of nitrogens with zero attached hydrogens (tertiary/aromatic N) is 3. The Hall–Kier alpha value is -1.44. The Kier molecular flexibility index (Phi) is 6.37. The lowest BCUT2D eigenvalue weighted by atomic mass is 9.95. The highest BCUT2D eigenvalue weighted by Crippen LogP contribution is 2.35. The molecule has 0 bridgehead atoms. The topological polar surface area (TPSA) is 84.1 Å². The van der Waals surface area contributed by atoms with Gasteiger partial charge in [-0.2, -0.15) is 0 Å². The van der Waals surface area contributed by atoms with E-state index in [1.165, 1.54) is 15.8 Å². The Morgan fingerprint density at radius 1 is 1.38 bits per heavy atom. The maximum Gasteiger partial charge on any atom is 0.223 e. The van der Waals surface area contributed by atoms with Crippen LogP contribution in [-0.4, -0.2) is 42.1 Å². The van der Waals surface area contributed by atoms with Crippen molar-refractivity contribution in [3.05, 3.63) is 16.8 Å². The van der Waals surface area contributed by atoms with Crippen molar-refractivity contribution in [3.8, 4) is 0 Å². The summed E-state index contributed by atoms with van der Waals surface area (Å²) in [6, 6.07) is 0. The maximum atomic E-state index is 12.1. The van der Waals surface area contributed by atoms with E-state index < -0.39 is 0 Å². The lowest BCUT2D eigenvalue weighted by molar-refractivity contribution is -0.125. The van der Waals surface area contributed by atoms with E-state index >= 15 is 0 Å². The fourth-order valence-electron chi connectivity index (χ4n) is 3.10. The van der Waals surface area contributed by atoms with E-state index in [-0.39, 0.29) is 24.2 Å². The van der Waals surface area contributed by atoms with Gasteiger partial charge in [0.2, 0.25) is 5.91 Å². The highest BCUT2D eigenvalue weighted by atomic mass is 35.5. The molecule has 1 aliphatic rings. The number of hydrogen-bond acceptors (Lipinski definition) is 6. The van der Waals surface area contributed by atoms with Crippen LogP contribution in [0, 0.1) is 19.8 Å². The van der Waals surface area contributed by atoms with Crippen LogP contribution in [0.1, 0.15) is 23.3 Å². The van der Waals surface area contributed by atoms with Crippen molar-refractivity contribution in [1.29, 1.82) is 0 Å². The van der Waals surface area contributed by atoms with Gasteiger partial charge in [0, 0.05) is 37.0 Å². The van der Waals surface area contributed by atoms with Gasteiger partial charge in [-0.25, -0.2) is 9.97 Å². The summed E-state index contributed by atoms with van der Waals surface area (Å²) in [4.78, 5) is 25.6. The Morgan fingerprint density at radius 3 is 2.75 bits per heavy atom. The number of nitrogens with two attached hydrogens (primary N) is 1. The van der Waals surface area contributed by atoms with Gasteiger partial charge in [-0.15, -0.1) is 23.7 Å². The summed E-state index contributed by atoms with van der Waals surface area (Å²) in [5.41, 5.74) is 6.70. The molecule has 3 rings (SSSR count). The number of halogens is 1. The average molecular weight is 370 g/mol. The van der Waals surface area contributed by atoms with Crippen molar-refractivity contribution < 1.29 is 4.79 Å². The molecule has 24 heavy (non-hydrogen) atoms. The van der Waals surface area contributed by atoms with Crippen LogP contribution in [0.15, 0.2) is 6.33 Å². The number of piperidine rings is 1. The molecule has 1 saturated heterocycles. The summed E-state index contributed by atoms with van der Waals surface area (Å²) < 4.78 is 0. The standard InChI is InChI=1S/C16H23N5OS.ClH/c1-10-11(2)23-16-13(10)14(19-9-20-16)21-7-3-12(4-8-21)15(22)18-6-5-17;/h9,12H,3-8,17H2,1-2H3,(H,18,22);1H. The largest absolute Gasteiger partial charge is 0.356 e. The Balaban J connectivity index is 0.00000208. The summed E-state index contributed by atoms with van der Waals surface area (Å²) in [5.74, 6) is 1.23. The van der Waals surface area contributed by atoms with Crippen LogP contribution in [0.5, 0.6) is 0 Å². The van der Waals surface area contributed by atoms with Gasteiger partial charge in [0.1, 0.15) is 17.0 Å². The minimum atomic E-state index is 0. The van der Waals surface area contributed by atoms with Gasteiger partial charge < -0.3 is 16.0 Å². The number of anilines is 1. The second-order valence-corrected chi connectivity index (χ2v) is 7.20. The number of aromatic nitrogens is 2. The number of rotatable bonds is 4. The van der Waals surface area contributed by atoms with Crippen LogP contribution in [-0.2, 0) is 4.79 Å². The second-order valence-electron chi connectivity index (χ2n) is 6.00. The van der Waals surface area contributed by atoms with E-state index in [0.717, 1.165) is 36.6 Å². The van der Waals surface area contributed by atoms with E-state index in [2.05, 4.69) is 34.0 Å². The van der Waals surface area contributed by atoms with Gasteiger partial charge in [0.25, 0.3) is 0 Å². The Bertz CT molecular complexity index is 712. The normalized spacial score (nSPS) is 15.4. The number of carbonyl (C=O) groups is 1. The Labute approximate surface area is 152 Å². The minimum absolute atomic E-state index is 0. The number of carbonyl (C=O) groups excluding carboxylic acids is 1. The van der Waals surface area contributed by atoms with E-state index in [4.69, 9.17) is 5.73 Å². The molecule has 6 nitrogen and oxygen atoms in total. The molecule has 2 aromatic heterocycles. The van der Waals surface area contributed by atoms with Gasteiger partial charge in [-0.05, 0) is 32.3 Å². The predicted molar refractivity (Wildman–Crippen MR) is 101 cm³/mol. The van der Waals surface area contributed by atoms with Gasteiger partial charge >= 0.3 is 0 Å².